The van der Waals surface area contributed by atoms with Crippen LogP contribution in [0, 0.1) is 5.82 Å². The Bertz CT molecular complexity index is 630. The number of nitrogens with one attached hydrogen (secondary N) is 1. The van der Waals surface area contributed by atoms with Crippen molar-refractivity contribution in [2.75, 3.05) is 29.7 Å². The first-order valence-corrected chi connectivity index (χ1v) is 7.18. The summed E-state index contributed by atoms with van der Waals surface area (Å²) in [7, 11) is -2.88. The van der Waals surface area contributed by atoms with Gasteiger partial charge in [0.25, 0.3) is 0 Å². The van der Waals surface area contributed by atoms with Gasteiger partial charge in [0.1, 0.15) is 17.3 Å². The van der Waals surface area contributed by atoms with Crippen LogP contribution in [0.4, 0.5) is 15.8 Å². The van der Waals surface area contributed by atoms with Gasteiger partial charge in [0.15, 0.2) is 9.84 Å². The molecule has 1 rings (SSSR count). The maximum atomic E-state index is 12.9. The molecule has 3 N–H and O–H groups in total. The summed E-state index contributed by atoms with van der Waals surface area (Å²) >= 11 is 0. The van der Waals surface area contributed by atoms with Crippen molar-refractivity contribution in [3.05, 3.63) is 24.0 Å². The Morgan fingerprint density at radius 1 is 1.35 bits per heavy atom. The summed E-state index contributed by atoms with van der Waals surface area (Å²) in [5.41, 5.74) is 5.28. The van der Waals surface area contributed by atoms with Crippen LogP contribution in [0.1, 0.15) is 0 Å². The van der Waals surface area contributed by atoms with Crippen LogP contribution in [-0.4, -0.2) is 38.9 Å². The highest BCUT2D eigenvalue weighted by Gasteiger charge is 2.21. The van der Waals surface area contributed by atoms with Gasteiger partial charge in [-0.2, -0.15) is 0 Å². The minimum atomic E-state index is -3.92. The molecule has 1 aromatic carbocycles. The lowest BCUT2D eigenvalue weighted by molar-refractivity contribution is -0.137. The zero-order chi connectivity index (χ0) is 15.3. The van der Waals surface area contributed by atoms with Crippen molar-refractivity contribution in [2.45, 2.75) is 0 Å². The summed E-state index contributed by atoms with van der Waals surface area (Å²) in [4.78, 5) is 22.4. The van der Waals surface area contributed by atoms with Crippen molar-refractivity contribution in [3.8, 4) is 0 Å². The molecule has 0 fully saturated rings. The van der Waals surface area contributed by atoms with E-state index in [4.69, 9.17) is 5.73 Å². The highest BCUT2D eigenvalue weighted by Crippen LogP contribution is 2.16. The van der Waals surface area contributed by atoms with E-state index >= 15 is 0 Å². The highest BCUT2D eigenvalue weighted by molar-refractivity contribution is 7.92. The van der Waals surface area contributed by atoms with Crippen molar-refractivity contribution >= 4 is 33.1 Å². The fourth-order valence-electron chi connectivity index (χ4n) is 1.31. The molecule has 110 valence electrons. The molecule has 0 aliphatic rings. The second-order valence-electron chi connectivity index (χ2n) is 3.89. The molecular weight excluding hydrogens is 291 g/mol. The van der Waals surface area contributed by atoms with Gasteiger partial charge in [0.2, 0.25) is 5.91 Å². The lowest BCUT2D eigenvalue weighted by Crippen LogP contribution is -2.28. The summed E-state index contributed by atoms with van der Waals surface area (Å²) < 4.78 is 40.1. The van der Waals surface area contributed by atoms with E-state index in [0.29, 0.717) is 0 Å². The van der Waals surface area contributed by atoms with Crippen molar-refractivity contribution in [3.63, 3.8) is 0 Å². The molecule has 20 heavy (non-hydrogen) atoms. The van der Waals surface area contributed by atoms with E-state index in [0.717, 1.165) is 19.2 Å². The summed E-state index contributed by atoms with van der Waals surface area (Å²) in [5.74, 6) is -4.24. The molecule has 0 radical (unpaired) electrons. The third kappa shape index (κ3) is 4.84. The number of nitrogen functional groups attached to an aromatic ring is 1. The topological polar surface area (TPSA) is 116 Å². The van der Waals surface area contributed by atoms with Crippen LogP contribution in [-0.2, 0) is 24.2 Å². The normalized spacial score (nSPS) is 10.9. The van der Waals surface area contributed by atoms with E-state index in [9.17, 15) is 22.4 Å². The number of hydrogen-bond donors (Lipinski definition) is 2. The van der Waals surface area contributed by atoms with E-state index in [1.54, 1.807) is 0 Å². The molecule has 0 unspecified atom stereocenters. The van der Waals surface area contributed by atoms with Crippen LogP contribution in [0.25, 0.3) is 0 Å². The fraction of sp³-hybridized carbons (Fsp3) is 0.273. The van der Waals surface area contributed by atoms with Gasteiger partial charge < -0.3 is 15.8 Å². The predicted octanol–water partition coefficient (Wildman–Crippen LogP) is -0.0658. The number of carbonyl (C=O) groups is 2. The number of esters is 1. The van der Waals surface area contributed by atoms with Crippen LogP contribution < -0.4 is 11.1 Å². The number of rotatable bonds is 5. The molecule has 0 saturated heterocycles. The quantitative estimate of drug-likeness (QED) is 0.581. The molecule has 0 bridgehead atoms. The van der Waals surface area contributed by atoms with E-state index < -0.39 is 39.0 Å². The second-order valence-corrected chi connectivity index (χ2v) is 5.96. The van der Waals surface area contributed by atoms with E-state index in [-0.39, 0.29) is 11.4 Å². The molecule has 9 heteroatoms. The van der Waals surface area contributed by atoms with Crippen molar-refractivity contribution in [1.82, 2.24) is 0 Å². The number of carbonyl (C=O) groups excluding carboxylic acids is 2. The van der Waals surface area contributed by atoms with Crippen LogP contribution >= 0.6 is 0 Å². The van der Waals surface area contributed by atoms with Gasteiger partial charge in [-0.1, -0.05) is 0 Å². The van der Waals surface area contributed by atoms with Gasteiger partial charge >= 0.3 is 5.97 Å². The average molecular weight is 304 g/mol. The van der Waals surface area contributed by atoms with Crippen molar-refractivity contribution in [2.24, 2.45) is 0 Å². The van der Waals surface area contributed by atoms with E-state index in [1.165, 1.54) is 6.07 Å². The standard InChI is InChI=1S/C11H13FN2O5S/c1-19-11(16)6-20(17,18)5-10(15)14-7-2-3-8(12)9(13)4-7/h2-4H,5-6,13H2,1H3,(H,14,15). The third-order valence-electron chi connectivity index (χ3n) is 2.20. The summed E-state index contributed by atoms with van der Waals surface area (Å²) in [6.07, 6.45) is 0. The van der Waals surface area contributed by atoms with Gasteiger partial charge in [-0.25, -0.2) is 12.8 Å². The fourth-order valence-corrected chi connectivity index (χ4v) is 2.36. The lowest BCUT2D eigenvalue weighted by Gasteiger charge is -2.07. The number of nitrogens with two attached hydrogens (primary N) is 1. The molecule has 1 aromatic rings. The molecule has 7 nitrogen and oxygen atoms in total. The molecule has 0 aliphatic carbocycles. The van der Waals surface area contributed by atoms with Crippen molar-refractivity contribution in [1.29, 1.82) is 0 Å². The zero-order valence-electron chi connectivity index (χ0n) is 10.6. The highest BCUT2D eigenvalue weighted by atomic mass is 32.2. The summed E-state index contributed by atoms with van der Waals surface area (Å²) in [6, 6.07) is 3.42. The Hall–Kier alpha value is -2.16. The van der Waals surface area contributed by atoms with Crippen LogP contribution in [0.2, 0.25) is 0 Å². The molecule has 1 amide bonds. The smallest absolute Gasteiger partial charge is 0.320 e. The molecule has 0 heterocycles. The molecular formula is C11H13FN2O5S. The largest absolute Gasteiger partial charge is 0.468 e. The first-order chi connectivity index (χ1) is 9.23. The lowest BCUT2D eigenvalue weighted by atomic mass is 10.2. The number of hydrogen-bond acceptors (Lipinski definition) is 6. The number of benzene rings is 1. The van der Waals surface area contributed by atoms with Crippen molar-refractivity contribution < 1.29 is 27.1 Å². The molecule has 0 saturated carbocycles. The number of sulfone groups is 1. The minimum Gasteiger partial charge on any atom is -0.468 e. The third-order valence-corrected chi connectivity index (χ3v) is 3.57. The van der Waals surface area contributed by atoms with E-state index in [2.05, 4.69) is 10.1 Å². The molecule has 0 atom stereocenters. The minimum absolute atomic E-state index is 0.155. The monoisotopic (exact) mass is 304 g/mol. The number of methoxy groups -OCH3 is 1. The second kappa shape index (κ2) is 6.33. The average Bonchev–Trinajstić information content (AvgIpc) is 2.32. The first kappa shape index (κ1) is 15.9. The van der Waals surface area contributed by atoms with Gasteiger partial charge in [-0.05, 0) is 18.2 Å². The number of amides is 1. The SMILES string of the molecule is COC(=O)CS(=O)(=O)CC(=O)Nc1ccc(F)c(N)c1. The zero-order valence-corrected chi connectivity index (χ0v) is 11.4. The number of halogens is 1. The Labute approximate surface area is 114 Å². The predicted molar refractivity (Wildman–Crippen MR) is 70.1 cm³/mol. The number of ether oxygens (including phenoxy) is 1. The van der Waals surface area contributed by atoms with Crippen LogP contribution in [0.3, 0.4) is 0 Å². The van der Waals surface area contributed by atoms with Gasteiger partial charge in [-0.3, -0.25) is 9.59 Å². The van der Waals surface area contributed by atoms with Gasteiger partial charge in [0, 0.05) is 5.69 Å². The Morgan fingerprint density at radius 2 is 2.00 bits per heavy atom. The van der Waals surface area contributed by atoms with Gasteiger partial charge in [0.05, 0.1) is 12.8 Å². The van der Waals surface area contributed by atoms with Crippen LogP contribution in [0.15, 0.2) is 18.2 Å². The number of anilines is 2. The Kier molecular flexibility index (Phi) is 5.03. The molecule has 0 aliphatic heterocycles. The Morgan fingerprint density at radius 3 is 2.55 bits per heavy atom. The molecule has 0 spiro atoms. The first-order valence-electron chi connectivity index (χ1n) is 5.35. The Balaban J connectivity index is 2.68. The maximum Gasteiger partial charge on any atom is 0.320 e. The summed E-state index contributed by atoms with van der Waals surface area (Å²) in [5, 5.41) is 2.24. The molecule has 0 aromatic heterocycles. The summed E-state index contributed by atoms with van der Waals surface area (Å²) in [6.45, 7) is 0. The van der Waals surface area contributed by atoms with Crippen LogP contribution in [0.5, 0.6) is 0 Å². The van der Waals surface area contributed by atoms with Gasteiger partial charge in [-0.15, -0.1) is 0 Å². The maximum absolute atomic E-state index is 12.9. The van der Waals surface area contributed by atoms with E-state index in [1.807, 2.05) is 0 Å².